The molecule has 1 nitrogen and oxygen atoms in total. The van der Waals surface area contributed by atoms with Crippen LogP contribution in [0.1, 0.15) is 23.6 Å². The van der Waals surface area contributed by atoms with Crippen LogP contribution in [0.4, 0.5) is 4.39 Å². The largest absolute Gasteiger partial charge is 0.313 e. The SMILES string of the molecule is CNC(CCc1cc(F)ccc1Cl)c1ccccc1. The van der Waals surface area contributed by atoms with Crippen LogP contribution in [-0.4, -0.2) is 7.05 Å². The van der Waals surface area contributed by atoms with Gasteiger partial charge in [0.25, 0.3) is 0 Å². The van der Waals surface area contributed by atoms with Crippen molar-refractivity contribution in [2.75, 3.05) is 7.05 Å². The average molecular weight is 278 g/mol. The summed E-state index contributed by atoms with van der Waals surface area (Å²) in [6.07, 6.45) is 1.63. The Morgan fingerprint density at radius 2 is 1.89 bits per heavy atom. The molecule has 0 radical (unpaired) electrons. The third kappa shape index (κ3) is 3.79. The molecule has 1 unspecified atom stereocenters. The van der Waals surface area contributed by atoms with Crippen LogP contribution in [0, 0.1) is 5.82 Å². The van der Waals surface area contributed by atoms with Gasteiger partial charge in [0.15, 0.2) is 0 Å². The molecule has 0 fully saturated rings. The minimum absolute atomic E-state index is 0.236. The standard InChI is InChI=1S/C16H17ClFN/c1-19-16(12-5-3-2-4-6-12)10-7-13-11-14(18)8-9-15(13)17/h2-6,8-9,11,16,19H,7,10H2,1H3. The van der Waals surface area contributed by atoms with Crippen molar-refractivity contribution in [2.24, 2.45) is 0 Å². The van der Waals surface area contributed by atoms with E-state index in [1.165, 1.54) is 17.7 Å². The molecule has 100 valence electrons. The van der Waals surface area contributed by atoms with Gasteiger partial charge in [-0.2, -0.15) is 0 Å². The van der Waals surface area contributed by atoms with E-state index < -0.39 is 0 Å². The van der Waals surface area contributed by atoms with Gasteiger partial charge in [-0.15, -0.1) is 0 Å². The van der Waals surface area contributed by atoms with Gasteiger partial charge in [0.05, 0.1) is 0 Å². The van der Waals surface area contributed by atoms with Crippen molar-refractivity contribution < 1.29 is 4.39 Å². The fourth-order valence-corrected chi connectivity index (χ4v) is 2.41. The molecular formula is C16H17ClFN. The minimum atomic E-state index is -0.236. The van der Waals surface area contributed by atoms with E-state index in [-0.39, 0.29) is 11.9 Å². The van der Waals surface area contributed by atoms with Crippen LogP contribution < -0.4 is 5.32 Å². The summed E-state index contributed by atoms with van der Waals surface area (Å²) >= 11 is 6.08. The molecule has 19 heavy (non-hydrogen) atoms. The quantitative estimate of drug-likeness (QED) is 0.856. The maximum Gasteiger partial charge on any atom is 0.123 e. The van der Waals surface area contributed by atoms with E-state index in [4.69, 9.17) is 11.6 Å². The Morgan fingerprint density at radius 1 is 1.16 bits per heavy atom. The Balaban J connectivity index is 2.06. The Hall–Kier alpha value is -1.38. The summed E-state index contributed by atoms with van der Waals surface area (Å²) in [5, 5.41) is 3.91. The molecule has 3 heteroatoms. The fraction of sp³-hybridized carbons (Fsp3) is 0.250. The van der Waals surface area contributed by atoms with Crippen LogP contribution in [0.3, 0.4) is 0 Å². The molecule has 0 amide bonds. The van der Waals surface area contributed by atoms with Crippen LogP contribution >= 0.6 is 11.6 Å². The minimum Gasteiger partial charge on any atom is -0.313 e. The number of hydrogen-bond donors (Lipinski definition) is 1. The van der Waals surface area contributed by atoms with Crippen molar-refractivity contribution in [3.63, 3.8) is 0 Å². The number of rotatable bonds is 5. The lowest BCUT2D eigenvalue weighted by Crippen LogP contribution is -2.17. The lowest BCUT2D eigenvalue weighted by molar-refractivity contribution is 0.547. The van der Waals surface area contributed by atoms with Gasteiger partial charge >= 0.3 is 0 Å². The van der Waals surface area contributed by atoms with Crippen molar-refractivity contribution in [2.45, 2.75) is 18.9 Å². The summed E-state index contributed by atoms with van der Waals surface area (Å²) in [4.78, 5) is 0. The summed E-state index contributed by atoms with van der Waals surface area (Å²) < 4.78 is 13.2. The molecule has 0 aliphatic carbocycles. The van der Waals surface area contributed by atoms with Crippen LogP contribution in [0.2, 0.25) is 5.02 Å². The van der Waals surface area contributed by atoms with E-state index in [1.807, 2.05) is 25.2 Å². The predicted octanol–water partition coefficient (Wildman–Crippen LogP) is 4.37. The lowest BCUT2D eigenvalue weighted by Gasteiger charge is -2.17. The molecule has 0 aliphatic rings. The molecule has 2 aromatic rings. The number of hydrogen-bond acceptors (Lipinski definition) is 1. The molecule has 0 saturated carbocycles. The first kappa shape index (κ1) is 14.0. The summed E-state index contributed by atoms with van der Waals surface area (Å²) in [6, 6.07) is 15.0. The van der Waals surface area contributed by atoms with Gasteiger partial charge < -0.3 is 5.32 Å². The zero-order valence-electron chi connectivity index (χ0n) is 10.9. The van der Waals surface area contributed by atoms with E-state index in [0.29, 0.717) is 5.02 Å². The number of halogens is 2. The molecule has 0 aromatic heterocycles. The van der Waals surface area contributed by atoms with E-state index in [1.54, 1.807) is 6.07 Å². The molecule has 2 rings (SSSR count). The molecule has 0 spiro atoms. The third-order valence-corrected chi connectivity index (χ3v) is 3.63. The highest BCUT2D eigenvalue weighted by Gasteiger charge is 2.10. The van der Waals surface area contributed by atoms with Crippen LogP contribution in [0.5, 0.6) is 0 Å². The van der Waals surface area contributed by atoms with Crippen LogP contribution in [0.25, 0.3) is 0 Å². The number of nitrogens with one attached hydrogen (secondary N) is 1. The second-order valence-electron chi connectivity index (χ2n) is 4.53. The monoisotopic (exact) mass is 277 g/mol. The molecule has 1 N–H and O–H groups in total. The van der Waals surface area contributed by atoms with Gasteiger partial charge in [-0.3, -0.25) is 0 Å². The molecule has 0 heterocycles. The smallest absolute Gasteiger partial charge is 0.123 e. The number of benzene rings is 2. The van der Waals surface area contributed by atoms with E-state index in [0.717, 1.165) is 18.4 Å². The maximum absolute atomic E-state index is 13.2. The second kappa shape index (κ2) is 6.69. The van der Waals surface area contributed by atoms with Crippen LogP contribution in [0.15, 0.2) is 48.5 Å². The summed E-state index contributed by atoms with van der Waals surface area (Å²) in [5.74, 6) is -0.236. The van der Waals surface area contributed by atoms with Gasteiger partial charge in [0.2, 0.25) is 0 Å². The maximum atomic E-state index is 13.2. The predicted molar refractivity (Wildman–Crippen MR) is 78.0 cm³/mol. The first-order chi connectivity index (χ1) is 9.20. The summed E-state index contributed by atoms with van der Waals surface area (Å²) in [7, 11) is 1.94. The van der Waals surface area contributed by atoms with E-state index in [9.17, 15) is 4.39 Å². The van der Waals surface area contributed by atoms with Crippen molar-refractivity contribution in [1.29, 1.82) is 0 Å². The van der Waals surface area contributed by atoms with Gasteiger partial charge in [-0.1, -0.05) is 41.9 Å². The summed E-state index contributed by atoms with van der Waals surface area (Å²) in [5.41, 5.74) is 2.09. The Bertz CT molecular complexity index is 528. The molecule has 2 aromatic carbocycles. The number of aryl methyl sites for hydroxylation is 1. The van der Waals surface area contributed by atoms with Crippen molar-refractivity contribution in [1.82, 2.24) is 5.32 Å². The highest BCUT2D eigenvalue weighted by Crippen LogP contribution is 2.23. The first-order valence-electron chi connectivity index (χ1n) is 6.37. The van der Waals surface area contributed by atoms with Crippen LogP contribution in [-0.2, 0) is 6.42 Å². The molecule has 0 aliphatic heterocycles. The van der Waals surface area contributed by atoms with Crippen molar-refractivity contribution >= 4 is 11.6 Å². The molecule has 0 saturated heterocycles. The molecular weight excluding hydrogens is 261 g/mol. The topological polar surface area (TPSA) is 12.0 Å². The highest BCUT2D eigenvalue weighted by atomic mass is 35.5. The van der Waals surface area contributed by atoms with Gasteiger partial charge in [-0.05, 0) is 49.2 Å². The Morgan fingerprint density at radius 3 is 2.58 bits per heavy atom. The van der Waals surface area contributed by atoms with Crippen molar-refractivity contribution in [3.8, 4) is 0 Å². The highest BCUT2D eigenvalue weighted by molar-refractivity contribution is 6.31. The van der Waals surface area contributed by atoms with Crippen molar-refractivity contribution in [3.05, 3.63) is 70.5 Å². The van der Waals surface area contributed by atoms with Gasteiger partial charge in [-0.25, -0.2) is 4.39 Å². The molecule has 0 bridgehead atoms. The van der Waals surface area contributed by atoms with Gasteiger partial charge in [0.1, 0.15) is 5.82 Å². The lowest BCUT2D eigenvalue weighted by atomic mass is 9.99. The zero-order chi connectivity index (χ0) is 13.7. The normalized spacial score (nSPS) is 12.4. The Kier molecular flexibility index (Phi) is 4.94. The van der Waals surface area contributed by atoms with E-state index in [2.05, 4.69) is 17.4 Å². The first-order valence-corrected chi connectivity index (χ1v) is 6.74. The second-order valence-corrected chi connectivity index (χ2v) is 4.93. The van der Waals surface area contributed by atoms with E-state index >= 15 is 0 Å². The average Bonchev–Trinajstić information content (AvgIpc) is 2.44. The molecule has 1 atom stereocenters. The fourth-order valence-electron chi connectivity index (χ4n) is 2.20. The van der Waals surface area contributed by atoms with Gasteiger partial charge in [0, 0.05) is 11.1 Å². The Labute approximate surface area is 118 Å². The summed E-state index contributed by atoms with van der Waals surface area (Å²) in [6.45, 7) is 0. The third-order valence-electron chi connectivity index (χ3n) is 3.26. The zero-order valence-corrected chi connectivity index (χ0v) is 11.6.